The lowest BCUT2D eigenvalue weighted by Gasteiger charge is -2.12. The van der Waals surface area contributed by atoms with Crippen molar-refractivity contribution < 1.29 is 4.74 Å². The predicted molar refractivity (Wildman–Crippen MR) is 78.7 cm³/mol. The Balaban J connectivity index is 1.91. The van der Waals surface area contributed by atoms with E-state index in [9.17, 15) is 0 Å². The van der Waals surface area contributed by atoms with Crippen LogP contribution in [0, 0.1) is 6.92 Å². The summed E-state index contributed by atoms with van der Waals surface area (Å²) < 4.78 is 7.84. The molecule has 0 saturated carbocycles. The minimum atomic E-state index is 0.613. The molecule has 0 aliphatic rings. The third kappa shape index (κ3) is 4.35. The third-order valence-corrected chi connectivity index (χ3v) is 2.96. The number of ether oxygens (including phenoxy) is 1. The van der Waals surface area contributed by atoms with E-state index >= 15 is 0 Å². The lowest BCUT2D eigenvalue weighted by Crippen LogP contribution is -2.17. The van der Waals surface area contributed by atoms with Gasteiger partial charge >= 0.3 is 0 Å². The molecule has 0 radical (unpaired) electrons. The highest BCUT2D eigenvalue weighted by Crippen LogP contribution is 2.16. The van der Waals surface area contributed by atoms with Crippen molar-refractivity contribution in [3.05, 3.63) is 42.2 Å². The summed E-state index contributed by atoms with van der Waals surface area (Å²) >= 11 is 0. The number of aryl methyl sites for hydroxylation is 1. The average Bonchev–Trinajstić information content (AvgIpc) is 2.95. The van der Waals surface area contributed by atoms with Gasteiger partial charge in [0.1, 0.15) is 12.4 Å². The summed E-state index contributed by atoms with van der Waals surface area (Å²) in [5.74, 6) is 0.860. The largest absolute Gasteiger partial charge is 0.490 e. The molecule has 5 heteroatoms. The molecule has 0 amide bonds. The molecule has 0 aliphatic heterocycles. The van der Waals surface area contributed by atoms with Crippen LogP contribution >= 0.6 is 0 Å². The molecule has 0 saturated heterocycles. The monoisotopic (exact) mass is 274 g/mol. The number of rotatable bonds is 8. The summed E-state index contributed by atoms with van der Waals surface area (Å²) in [6.45, 7) is 7.29. The second-order valence-electron chi connectivity index (χ2n) is 4.72. The van der Waals surface area contributed by atoms with Crippen molar-refractivity contribution in [2.24, 2.45) is 0 Å². The number of aromatic nitrogens is 3. The Bertz CT molecular complexity index is 511. The van der Waals surface area contributed by atoms with Crippen LogP contribution in [0.3, 0.4) is 0 Å². The van der Waals surface area contributed by atoms with Crippen LogP contribution in [0.5, 0.6) is 5.75 Å². The van der Waals surface area contributed by atoms with Crippen LogP contribution in [0.4, 0.5) is 0 Å². The van der Waals surface area contributed by atoms with Gasteiger partial charge in [-0.15, -0.1) is 0 Å². The van der Waals surface area contributed by atoms with Crippen molar-refractivity contribution in [1.29, 1.82) is 0 Å². The highest BCUT2D eigenvalue weighted by atomic mass is 16.5. The predicted octanol–water partition coefficient (Wildman–Crippen LogP) is 2.17. The quantitative estimate of drug-likeness (QED) is 0.750. The van der Waals surface area contributed by atoms with E-state index in [1.807, 2.05) is 29.8 Å². The first-order chi connectivity index (χ1) is 9.79. The molecule has 2 aromatic rings. The molecule has 0 fully saturated rings. The Kier molecular flexibility index (Phi) is 5.55. The summed E-state index contributed by atoms with van der Waals surface area (Å²) in [5, 5.41) is 3.37. The van der Waals surface area contributed by atoms with E-state index < -0.39 is 0 Å². The number of imidazole rings is 1. The first kappa shape index (κ1) is 14.5. The fourth-order valence-corrected chi connectivity index (χ4v) is 1.92. The number of nitrogens with zero attached hydrogens (tertiary/aromatic N) is 3. The zero-order valence-electron chi connectivity index (χ0n) is 12.2. The number of nitrogens with one attached hydrogen (secondary N) is 1. The van der Waals surface area contributed by atoms with Crippen molar-refractivity contribution in [3.8, 4) is 5.75 Å². The van der Waals surface area contributed by atoms with Crippen LogP contribution in [0.2, 0.25) is 0 Å². The van der Waals surface area contributed by atoms with Gasteiger partial charge in [-0.05, 0) is 32.0 Å². The zero-order valence-corrected chi connectivity index (χ0v) is 12.2. The molecule has 0 aromatic carbocycles. The number of pyridine rings is 1. The van der Waals surface area contributed by atoms with Gasteiger partial charge in [-0.25, -0.2) is 4.98 Å². The Morgan fingerprint density at radius 2 is 2.25 bits per heavy atom. The molecule has 0 aliphatic carbocycles. The molecule has 2 aromatic heterocycles. The normalized spacial score (nSPS) is 10.7. The second-order valence-corrected chi connectivity index (χ2v) is 4.72. The van der Waals surface area contributed by atoms with Crippen LogP contribution in [0.25, 0.3) is 0 Å². The maximum absolute atomic E-state index is 5.85. The van der Waals surface area contributed by atoms with Crippen LogP contribution in [0.1, 0.15) is 24.7 Å². The summed E-state index contributed by atoms with van der Waals surface area (Å²) in [6, 6.07) is 3.98. The van der Waals surface area contributed by atoms with E-state index in [4.69, 9.17) is 4.74 Å². The van der Waals surface area contributed by atoms with Gasteiger partial charge in [0.15, 0.2) is 0 Å². The first-order valence-electron chi connectivity index (χ1n) is 7.05. The lowest BCUT2D eigenvalue weighted by molar-refractivity contribution is 0.293. The fourth-order valence-electron chi connectivity index (χ4n) is 1.92. The molecule has 5 nitrogen and oxygen atoms in total. The molecular formula is C15H22N4O. The van der Waals surface area contributed by atoms with Crippen LogP contribution in [0.15, 0.2) is 30.9 Å². The van der Waals surface area contributed by atoms with Crippen LogP contribution < -0.4 is 10.1 Å². The van der Waals surface area contributed by atoms with Gasteiger partial charge < -0.3 is 14.6 Å². The van der Waals surface area contributed by atoms with Gasteiger partial charge in [0.2, 0.25) is 0 Å². The summed E-state index contributed by atoms with van der Waals surface area (Å²) in [4.78, 5) is 8.57. The van der Waals surface area contributed by atoms with Crippen LogP contribution in [-0.2, 0) is 13.1 Å². The Labute approximate surface area is 120 Å². The number of hydrogen-bond donors (Lipinski definition) is 1. The highest BCUT2D eigenvalue weighted by molar-refractivity contribution is 5.29. The van der Waals surface area contributed by atoms with E-state index in [0.29, 0.717) is 6.61 Å². The fraction of sp³-hybridized carbons (Fsp3) is 0.467. The minimum absolute atomic E-state index is 0.613. The van der Waals surface area contributed by atoms with Crippen molar-refractivity contribution in [2.75, 3.05) is 13.2 Å². The topological polar surface area (TPSA) is 52.0 Å². The van der Waals surface area contributed by atoms with Crippen LogP contribution in [-0.4, -0.2) is 27.7 Å². The van der Waals surface area contributed by atoms with E-state index in [0.717, 1.165) is 43.2 Å². The van der Waals surface area contributed by atoms with E-state index in [1.54, 1.807) is 12.5 Å². The summed E-state index contributed by atoms with van der Waals surface area (Å²) in [7, 11) is 0. The SMILES string of the molecule is CCCNCc1nc(C)ccc1OCCn1ccnc1. The Morgan fingerprint density at radius 1 is 1.35 bits per heavy atom. The summed E-state index contributed by atoms with van der Waals surface area (Å²) in [6.07, 6.45) is 6.61. The Hall–Kier alpha value is -1.88. The zero-order chi connectivity index (χ0) is 14.2. The molecule has 0 spiro atoms. The molecular weight excluding hydrogens is 252 g/mol. The highest BCUT2D eigenvalue weighted by Gasteiger charge is 2.05. The molecule has 108 valence electrons. The van der Waals surface area contributed by atoms with Gasteiger partial charge in [-0.3, -0.25) is 4.98 Å². The van der Waals surface area contributed by atoms with E-state index in [-0.39, 0.29) is 0 Å². The molecule has 0 unspecified atom stereocenters. The van der Waals surface area contributed by atoms with Gasteiger partial charge in [0.25, 0.3) is 0 Å². The standard InChI is InChI=1S/C15H22N4O/c1-3-6-16-11-14-15(5-4-13(2)18-14)20-10-9-19-8-7-17-12-19/h4-5,7-8,12,16H,3,6,9-11H2,1-2H3. The van der Waals surface area contributed by atoms with Gasteiger partial charge in [0, 0.05) is 24.6 Å². The van der Waals surface area contributed by atoms with E-state index in [2.05, 4.69) is 22.2 Å². The molecule has 0 bridgehead atoms. The average molecular weight is 274 g/mol. The summed E-state index contributed by atoms with van der Waals surface area (Å²) in [5.41, 5.74) is 1.99. The Morgan fingerprint density at radius 3 is 3.00 bits per heavy atom. The van der Waals surface area contributed by atoms with Gasteiger partial charge in [-0.1, -0.05) is 6.92 Å². The first-order valence-corrected chi connectivity index (χ1v) is 7.05. The number of hydrogen-bond acceptors (Lipinski definition) is 4. The van der Waals surface area contributed by atoms with Crippen molar-refractivity contribution >= 4 is 0 Å². The maximum Gasteiger partial charge on any atom is 0.142 e. The van der Waals surface area contributed by atoms with Crippen molar-refractivity contribution in [2.45, 2.75) is 33.4 Å². The van der Waals surface area contributed by atoms with Gasteiger partial charge in [0.05, 0.1) is 18.6 Å². The lowest BCUT2D eigenvalue weighted by atomic mass is 10.2. The molecule has 0 atom stereocenters. The molecule has 2 heterocycles. The van der Waals surface area contributed by atoms with E-state index in [1.165, 1.54) is 0 Å². The molecule has 2 rings (SSSR count). The third-order valence-electron chi connectivity index (χ3n) is 2.96. The molecule has 20 heavy (non-hydrogen) atoms. The van der Waals surface area contributed by atoms with Gasteiger partial charge in [-0.2, -0.15) is 0 Å². The minimum Gasteiger partial charge on any atom is -0.490 e. The van der Waals surface area contributed by atoms with Crippen molar-refractivity contribution in [3.63, 3.8) is 0 Å². The smallest absolute Gasteiger partial charge is 0.142 e. The molecule has 1 N–H and O–H groups in total. The second kappa shape index (κ2) is 7.65. The maximum atomic E-state index is 5.85. The van der Waals surface area contributed by atoms with Crippen molar-refractivity contribution in [1.82, 2.24) is 19.9 Å².